The Morgan fingerprint density at radius 3 is 2.25 bits per heavy atom. The van der Waals surface area contributed by atoms with Crippen LogP contribution < -0.4 is 9.64 Å². The van der Waals surface area contributed by atoms with Gasteiger partial charge >= 0.3 is 0 Å². The fourth-order valence-electron chi connectivity index (χ4n) is 5.87. The number of hydrogen-bond donors (Lipinski definition) is 0. The summed E-state index contributed by atoms with van der Waals surface area (Å²) in [6.45, 7) is 3.19. The molecule has 3 heteroatoms. The number of rotatable bonds is 2. The lowest BCUT2D eigenvalue weighted by Gasteiger charge is -2.36. The Labute approximate surface area is 188 Å². The van der Waals surface area contributed by atoms with E-state index in [1.807, 2.05) is 0 Å². The molecule has 1 unspecified atom stereocenters. The number of aryl methyl sites for hydroxylation is 1. The zero-order valence-electron chi connectivity index (χ0n) is 18.0. The van der Waals surface area contributed by atoms with Crippen molar-refractivity contribution in [2.75, 3.05) is 11.4 Å². The first kappa shape index (κ1) is 18.1. The third-order valence-electron chi connectivity index (χ3n) is 7.34. The minimum Gasteiger partial charge on any atom is -0.455 e. The molecule has 3 aliphatic rings. The normalized spacial score (nSPS) is 26.8. The summed E-state index contributed by atoms with van der Waals surface area (Å²) in [5, 5.41) is 0. The van der Waals surface area contributed by atoms with Crippen molar-refractivity contribution in [2.45, 2.75) is 24.7 Å². The van der Waals surface area contributed by atoms with E-state index in [1.54, 1.807) is 0 Å². The van der Waals surface area contributed by atoms with E-state index in [4.69, 9.17) is 4.74 Å². The number of anilines is 1. The average Bonchev–Trinajstić information content (AvgIpc) is 3.52. The highest BCUT2D eigenvalue weighted by molar-refractivity contribution is 5.69. The molecule has 2 fully saturated rings. The van der Waals surface area contributed by atoms with Crippen LogP contribution in [0.3, 0.4) is 0 Å². The first-order valence-electron chi connectivity index (χ1n) is 11.3. The van der Waals surface area contributed by atoms with Crippen molar-refractivity contribution in [1.29, 1.82) is 0 Å². The molecule has 3 heterocycles. The number of benzene rings is 4. The number of para-hydroxylation sites is 3. The molecule has 4 atom stereocenters. The second-order valence-electron chi connectivity index (χ2n) is 9.12. The van der Waals surface area contributed by atoms with Crippen LogP contribution in [0.1, 0.15) is 34.5 Å². The molecular weight excluding hydrogens is 392 g/mol. The molecule has 32 heavy (non-hydrogen) atoms. The first-order valence-corrected chi connectivity index (χ1v) is 11.3. The molecule has 156 valence electrons. The lowest BCUT2D eigenvalue weighted by Crippen LogP contribution is -2.34. The predicted octanol–water partition coefficient (Wildman–Crippen LogP) is 6.57. The van der Waals surface area contributed by atoms with E-state index in [0.717, 1.165) is 23.7 Å². The summed E-state index contributed by atoms with van der Waals surface area (Å²) in [5.41, 5.74) is 6.35. The molecule has 0 aliphatic carbocycles. The molecular formula is C29H24N2O. The van der Waals surface area contributed by atoms with E-state index >= 15 is 0 Å². The molecule has 0 bridgehead atoms. The second-order valence-corrected chi connectivity index (χ2v) is 9.12. The summed E-state index contributed by atoms with van der Waals surface area (Å²) in [6.07, 6.45) is 0.126. The molecule has 0 radical (unpaired) electrons. The largest absolute Gasteiger partial charge is 0.455 e. The van der Waals surface area contributed by atoms with Crippen LogP contribution in [0.4, 0.5) is 5.69 Å². The molecule has 3 nitrogen and oxygen atoms in total. The Morgan fingerprint density at radius 1 is 0.750 bits per heavy atom. The van der Waals surface area contributed by atoms with Crippen molar-refractivity contribution >= 4 is 5.69 Å². The second kappa shape index (κ2) is 6.47. The quantitative estimate of drug-likeness (QED) is 0.344. The Morgan fingerprint density at radius 2 is 1.44 bits per heavy atom. The van der Waals surface area contributed by atoms with E-state index in [-0.39, 0.29) is 17.7 Å². The standard InChI is InChI=1S/C29H24N2O/c1-20-15-17-22(18-16-20)29-19-30(29)28-23-11-5-7-13-25(23)32-26-14-8-6-12-24(26)31(28)27(29)21-9-3-2-4-10-21/h2-18,27-28H,19H2,1H3/t27-,28+,29-,30?/m1/s1. The van der Waals surface area contributed by atoms with Crippen molar-refractivity contribution in [1.82, 2.24) is 4.90 Å². The Balaban J connectivity index is 1.51. The number of nitrogens with zero attached hydrogens (tertiary/aromatic N) is 2. The van der Waals surface area contributed by atoms with E-state index < -0.39 is 0 Å². The molecule has 7 rings (SSSR count). The van der Waals surface area contributed by atoms with Gasteiger partial charge in [0.1, 0.15) is 11.9 Å². The molecule has 0 aromatic heterocycles. The van der Waals surface area contributed by atoms with Crippen LogP contribution in [-0.4, -0.2) is 11.4 Å². The molecule has 0 amide bonds. The third kappa shape index (κ3) is 2.34. The first-order chi connectivity index (χ1) is 15.8. The van der Waals surface area contributed by atoms with Gasteiger partial charge in [-0.15, -0.1) is 0 Å². The average molecular weight is 417 g/mol. The number of ether oxygens (including phenoxy) is 1. The molecule has 3 aliphatic heterocycles. The van der Waals surface area contributed by atoms with Crippen molar-refractivity contribution in [3.63, 3.8) is 0 Å². The van der Waals surface area contributed by atoms with E-state index in [1.165, 1.54) is 22.3 Å². The fourth-order valence-corrected chi connectivity index (χ4v) is 5.87. The maximum absolute atomic E-state index is 6.48. The number of fused-ring (bicyclic) bond motifs is 7. The summed E-state index contributed by atoms with van der Waals surface area (Å²) in [6, 6.07) is 37.3. The summed E-state index contributed by atoms with van der Waals surface area (Å²) in [4.78, 5) is 5.25. The molecule has 0 saturated carbocycles. The summed E-state index contributed by atoms with van der Waals surface area (Å²) in [7, 11) is 0. The summed E-state index contributed by atoms with van der Waals surface area (Å²) >= 11 is 0. The van der Waals surface area contributed by atoms with Crippen molar-refractivity contribution in [2.24, 2.45) is 0 Å². The third-order valence-corrected chi connectivity index (χ3v) is 7.34. The van der Waals surface area contributed by atoms with Crippen LogP contribution >= 0.6 is 0 Å². The summed E-state index contributed by atoms with van der Waals surface area (Å²) < 4.78 is 6.48. The van der Waals surface area contributed by atoms with Crippen molar-refractivity contribution in [3.05, 3.63) is 125 Å². The maximum atomic E-state index is 6.48. The zero-order chi connectivity index (χ0) is 21.3. The number of hydrogen-bond acceptors (Lipinski definition) is 3. The van der Waals surface area contributed by atoms with Crippen molar-refractivity contribution in [3.8, 4) is 11.5 Å². The van der Waals surface area contributed by atoms with Crippen LogP contribution in [0.15, 0.2) is 103 Å². The molecule has 0 N–H and O–H groups in total. The van der Waals surface area contributed by atoms with Crippen LogP contribution in [-0.2, 0) is 5.54 Å². The van der Waals surface area contributed by atoms with Crippen LogP contribution in [0.2, 0.25) is 0 Å². The SMILES string of the molecule is Cc1ccc([C@@]23CN2[C@@H]2c4ccccc4Oc4ccccc4N2[C@@H]3c2ccccc2)cc1. The van der Waals surface area contributed by atoms with E-state index in [9.17, 15) is 0 Å². The van der Waals surface area contributed by atoms with Gasteiger partial charge in [0.2, 0.25) is 0 Å². The van der Waals surface area contributed by atoms with Gasteiger partial charge in [-0.1, -0.05) is 90.5 Å². The molecule has 4 aromatic carbocycles. The highest BCUT2D eigenvalue weighted by Crippen LogP contribution is 2.68. The zero-order valence-corrected chi connectivity index (χ0v) is 18.0. The van der Waals surface area contributed by atoms with Crippen LogP contribution in [0.25, 0.3) is 0 Å². The van der Waals surface area contributed by atoms with Crippen LogP contribution in [0, 0.1) is 6.92 Å². The predicted molar refractivity (Wildman–Crippen MR) is 127 cm³/mol. The van der Waals surface area contributed by atoms with Gasteiger partial charge in [0, 0.05) is 12.1 Å². The Hall–Kier alpha value is -3.56. The Kier molecular flexibility index (Phi) is 3.65. The van der Waals surface area contributed by atoms with Gasteiger partial charge < -0.3 is 9.64 Å². The molecule has 4 aromatic rings. The van der Waals surface area contributed by atoms with E-state index in [0.29, 0.717) is 0 Å². The van der Waals surface area contributed by atoms with Gasteiger partial charge in [0.15, 0.2) is 5.75 Å². The van der Waals surface area contributed by atoms with Crippen molar-refractivity contribution < 1.29 is 4.74 Å². The smallest absolute Gasteiger partial charge is 0.150 e. The van der Waals surface area contributed by atoms with Crippen LogP contribution in [0.5, 0.6) is 11.5 Å². The summed E-state index contributed by atoms with van der Waals surface area (Å²) in [5.74, 6) is 1.87. The lowest BCUT2D eigenvalue weighted by atomic mass is 9.85. The minimum absolute atomic E-state index is 0.0583. The van der Waals surface area contributed by atoms with Gasteiger partial charge in [-0.3, -0.25) is 4.90 Å². The molecule has 0 spiro atoms. The van der Waals surface area contributed by atoms with Gasteiger partial charge in [-0.25, -0.2) is 0 Å². The van der Waals surface area contributed by atoms with E-state index in [2.05, 4.69) is 120 Å². The fraction of sp³-hybridized carbons (Fsp3) is 0.172. The Bertz CT molecular complexity index is 1320. The maximum Gasteiger partial charge on any atom is 0.150 e. The molecule has 2 saturated heterocycles. The highest BCUT2D eigenvalue weighted by atomic mass is 16.5. The topological polar surface area (TPSA) is 15.5 Å². The van der Waals surface area contributed by atoms with Gasteiger partial charge in [-0.05, 0) is 36.2 Å². The lowest BCUT2D eigenvalue weighted by molar-refractivity contribution is 0.397. The van der Waals surface area contributed by atoms with Gasteiger partial charge in [-0.2, -0.15) is 0 Å². The van der Waals surface area contributed by atoms with Gasteiger partial charge in [0.05, 0.1) is 17.3 Å². The monoisotopic (exact) mass is 416 g/mol. The highest BCUT2D eigenvalue weighted by Gasteiger charge is 2.71. The van der Waals surface area contributed by atoms with Gasteiger partial charge in [0.25, 0.3) is 0 Å². The minimum atomic E-state index is -0.0583.